The molecular weight excluding hydrogens is 525 g/mol. The van der Waals surface area contributed by atoms with Crippen LogP contribution in [0.4, 0.5) is 13.2 Å². The Morgan fingerprint density at radius 1 is 0.927 bits per heavy atom. The van der Waals surface area contributed by atoms with E-state index in [1.165, 1.54) is 5.56 Å². The topological polar surface area (TPSA) is 63.7 Å². The number of aromatic amines is 1. The predicted octanol–water partition coefficient (Wildman–Crippen LogP) is 7.60. The smallest absolute Gasteiger partial charge is 0.416 e. The van der Waals surface area contributed by atoms with E-state index in [9.17, 15) is 13.2 Å². The number of aryl methyl sites for hydroxylation is 2. The SMILES string of the molecule is Cc1nc2ccc(-c3ccc4c(c3)CC3C(CCO4)C3c3ncnc(C)c3Cc3ccc(C(F)(F)F)cc3)cc2[nH]1. The fraction of sp³-hybridized carbons (Fsp3) is 0.303. The molecule has 3 atom stereocenters. The van der Waals surface area contributed by atoms with Gasteiger partial charge in [-0.05, 0) is 103 Å². The third kappa shape index (κ3) is 4.85. The lowest BCUT2D eigenvalue weighted by atomic mass is 9.96. The Kier molecular flexibility index (Phi) is 6.10. The zero-order valence-electron chi connectivity index (χ0n) is 22.8. The molecule has 0 radical (unpaired) electrons. The second kappa shape index (κ2) is 9.72. The molecule has 0 bridgehead atoms. The van der Waals surface area contributed by atoms with Crippen LogP contribution in [-0.2, 0) is 19.0 Å². The molecule has 1 fully saturated rings. The third-order valence-corrected chi connectivity index (χ3v) is 8.66. The standard InChI is InChI=1S/C33H29F3N4O/c1-18-26(13-20-3-7-24(8-4-20)33(34,35)36)32(38-17-37-18)31-25-11-12-41-30-10-6-21(14-23(30)15-27(25)31)22-5-9-28-29(16-22)40-19(2)39-28/h3-10,14,16-17,25,27,31H,11-13,15H2,1-2H3,(H,39,40). The monoisotopic (exact) mass is 554 g/mol. The Balaban J connectivity index is 1.17. The minimum absolute atomic E-state index is 0.267. The summed E-state index contributed by atoms with van der Waals surface area (Å²) in [6.45, 7) is 4.55. The minimum atomic E-state index is -4.35. The summed E-state index contributed by atoms with van der Waals surface area (Å²) in [5, 5.41) is 0. The molecule has 8 heteroatoms. The summed E-state index contributed by atoms with van der Waals surface area (Å²) < 4.78 is 45.5. The fourth-order valence-electron chi connectivity index (χ4n) is 6.50. The molecule has 7 rings (SSSR count). The summed E-state index contributed by atoms with van der Waals surface area (Å²) in [4.78, 5) is 17.0. The second-order valence-electron chi connectivity index (χ2n) is 11.3. The van der Waals surface area contributed by atoms with E-state index in [0.717, 1.165) is 81.2 Å². The summed E-state index contributed by atoms with van der Waals surface area (Å²) in [5.74, 6) is 2.96. The molecule has 208 valence electrons. The number of alkyl halides is 3. The lowest BCUT2D eigenvalue weighted by molar-refractivity contribution is -0.137. The van der Waals surface area contributed by atoms with Crippen molar-refractivity contribution in [2.75, 3.05) is 6.61 Å². The lowest BCUT2D eigenvalue weighted by Crippen LogP contribution is -2.06. The zero-order valence-corrected chi connectivity index (χ0v) is 22.8. The lowest BCUT2D eigenvalue weighted by Gasteiger charge is -2.16. The number of nitrogens with one attached hydrogen (secondary N) is 1. The van der Waals surface area contributed by atoms with Crippen LogP contribution in [0.25, 0.3) is 22.2 Å². The molecule has 2 aromatic heterocycles. The van der Waals surface area contributed by atoms with Gasteiger partial charge in [0.25, 0.3) is 0 Å². The first kappa shape index (κ1) is 25.7. The van der Waals surface area contributed by atoms with Crippen molar-refractivity contribution in [2.24, 2.45) is 11.8 Å². The van der Waals surface area contributed by atoms with Crippen molar-refractivity contribution in [1.82, 2.24) is 19.9 Å². The molecule has 0 spiro atoms. The van der Waals surface area contributed by atoms with Crippen LogP contribution in [0.15, 0.2) is 67.0 Å². The molecule has 0 saturated heterocycles. The van der Waals surface area contributed by atoms with Gasteiger partial charge >= 0.3 is 6.18 Å². The van der Waals surface area contributed by atoms with E-state index in [4.69, 9.17) is 9.72 Å². The van der Waals surface area contributed by atoms with Crippen molar-refractivity contribution in [3.63, 3.8) is 0 Å². The highest BCUT2D eigenvalue weighted by Gasteiger charge is 2.52. The molecule has 3 aromatic carbocycles. The number of ether oxygens (including phenoxy) is 1. The van der Waals surface area contributed by atoms with Crippen LogP contribution >= 0.6 is 0 Å². The maximum atomic E-state index is 13.1. The predicted molar refractivity (Wildman–Crippen MR) is 151 cm³/mol. The van der Waals surface area contributed by atoms with Crippen molar-refractivity contribution in [3.05, 3.63) is 106 Å². The molecule has 1 saturated carbocycles. The first-order chi connectivity index (χ1) is 19.7. The van der Waals surface area contributed by atoms with Crippen LogP contribution in [0.3, 0.4) is 0 Å². The van der Waals surface area contributed by atoms with Crippen LogP contribution < -0.4 is 4.74 Å². The maximum Gasteiger partial charge on any atom is 0.416 e. The average Bonchev–Trinajstić information content (AvgIpc) is 3.43. The van der Waals surface area contributed by atoms with Gasteiger partial charge in [0, 0.05) is 18.0 Å². The van der Waals surface area contributed by atoms with Gasteiger partial charge in [0.1, 0.15) is 17.9 Å². The Bertz CT molecular complexity index is 1760. The normalized spacial score (nSPS) is 20.1. The number of imidazole rings is 1. The van der Waals surface area contributed by atoms with Gasteiger partial charge in [0.05, 0.1) is 28.9 Å². The highest BCUT2D eigenvalue weighted by atomic mass is 19.4. The van der Waals surface area contributed by atoms with E-state index in [2.05, 4.69) is 45.3 Å². The molecule has 2 aliphatic rings. The van der Waals surface area contributed by atoms with E-state index in [1.807, 2.05) is 19.9 Å². The molecule has 3 heterocycles. The zero-order chi connectivity index (χ0) is 28.3. The quantitative estimate of drug-likeness (QED) is 0.249. The third-order valence-electron chi connectivity index (χ3n) is 8.66. The van der Waals surface area contributed by atoms with Crippen LogP contribution in [0.2, 0.25) is 0 Å². The fourth-order valence-corrected chi connectivity index (χ4v) is 6.50. The maximum absolute atomic E-state index is 13.1. The molecule has 1 N–H and O–H groups in total. The second-order valence-corrected chi connectivity index (χ2v) is 11.3. The van der Waals surface area contributed by atoms with Crippen molar-refractivity contribution in [1.29, 1.82) is 0 Å². The van der Waals surface area contributed by atoms with E-state index < -0.39 is 11.7 Å². The molecule has 5 nitrogen and oxygen atoms in total. The molecule has 5 aromatic rings. The molecule has 3 unspecified atom stereocenters. The minimum Gasteiger partial charge on any atom is -0.493 e. The largest absolute Gasteiger partial charge is 0.493 e. The van der Waals surface area contributed by atoms with Crippen molar-refractivity contribution in [3.8, 4) is 16.9 Å². The van der Waals surface area contributed by atoms with Gasteiger partial charge in [0.15, 0.2) is 0 Å². The Hall–Kier alpha value is -4.20. The summed E-state index contributed by atoms with van der Waals surface area (Å²) in [6.07, 6.45) is -0.410. The van der Waals surface area contributed by atoms with Gasteiger partial charge in [-0.25, -0.2) is 15.0 Å². The van der Waals surface area contributed by atoms with Crippen LogP contribution in [0.5, 0.6) is 5.75 Å². The van der Waals surface area contributed by atoms with Gasteiger partial charge in [-0.1, -0.05) is 24.3 Å². The highest BCUT2D eigenvalue weighted by Crippen LogP contribution is 2.59. The number of benzene rings is 3. The van der Waals surface area contributed by atoms with Crippen molar-refractivity contribution >= 4 is 11.0 Å². The number of aromatic nitrogens is 4. The van der Waals surface area contributed by atoms with Gasteiger partial charge in [0.2, 0.25) is 0 Å². The Morgan fingerprint density at radius 3 is 2.51 bits per heavy atom. The molecular formula is C33H29F3N4O. The average molecular weight is 555 g/mol. The number of hydrogen-bond acceptors (Lipinski definition) is 4. The first-order valence-corrected chi connectivity index (χ1v) is 13.9. The highest BCUT2D eigenvalue weighted by molar-refractivity contribution is 5.82. The summed E-state index contributed by atoms with van der Waals surface area (Å²) in [7, 11) is 0. The number of hydrogen-bond donors (Lipinski definition) is 1. The number of H-pyrrole nitrogens is 1. The molecule has 1 aliphatic heterocycles. The van der Waals surface area contributed by atoms with Gasteiger partial charge in [-0.2, -0.15) is 13.2 Å². The molecule has 0 amide bonds. The van der Waals surface area contributed by atoms with Crippen LogP contribution in [0.1, 0.15) is 51.8 Å². The van der Waals surface area contributed by atoms with Crippen LogP contribution in [0, 0.1) is 25.7 Å². The summed E-state index contributed by atoms with van der Waals surface area (Å²) in [5.41, 5.74) is 8.51. The Labute approximate surface area is 235 Å². The van der Waals surface area contributed by atoms with E-state index >= 15 is 0 Å². The summed E-state index contributed by atoms with van der Waals surface area (Å²) >= 11 is 0. The van der Waals surface area contributed by atoms with Gasteiger partial charge < -0.3 is 9.72 Å². The summed E-state index contributed by atoms with van der Waals surface area (Å²) in [6, 6.07) is 18.1. The van der Waals surface area contributed by atoms with Crippen molar-refractivity contribution < 1.29 is 17.9 Å². The molecule has 1 aliphatic carbocycles. The Morgan fingerprint density at radius 2 is 1.71 bits per heavy atom. The first-order valence-electron chi connectivity index (χ1n) is 13.9. The number of nitrogens with zero attached hydrogens (tertiary/aromatic N) is 3. The van der Waals surface area contributed by atoms with Crippen LogP contribution in [-0.4, -0.2) is 26.5 Å². The molecule has 41 heavy (non-hydrogen) atoms. The number of halogens is 3. The van der Waals surface area contributed by atoms with Gasteiger partial charge in [-0.3, -0.25) is 0 Å². The van der Waals surface area contributed by atoms with E-state index in [0.29, 0.717) is 24.9 Å². The number of fused-ring (bicyclic) bond motifs is 3. The van der Waals surface area contributed by atoms with E-state index in [-0.39, 0.29) is 5.92 Å². The van der Waals surface area contributed by atoms with Gasteiger partial charge in [-0.15, -0.1) is 0 Å². The van der Waals surface area contributed by atoms with E-state index in [1.54, 1.807) is 18.5 Å². The number of rotatable bonds is 4. The van der Waals surface area contributed by atoms with Crippen molar-refractivity contribution in [2.45, 2.75) is 45.2 Å².